The van der Waals surface area contributed by atoms with Gasteiger partial charge in [-0.1, -0.05) is 35.9 Å². The van der Waals surface area contributed by atoms with Crippen LogP contribution in [0.1, 0.15) is 21.5 Å². The van der Waals surface area contributed by atoms with Crippen LogP contribution in [0.5, 0.6) is 0 Å². The van der Waals surface area contributed by atoms with Gasteiger partial charge in [0.1, 0.15) is 0 Å². The summed E-state index contributed by atoms with van der Waals surface area (Å²) in [6.07, 6.45) is 0. The minimum atomic E-state index is -3.86. The Hall–Kier alpha value is -2.83. The molecule has 0 aromatic heterocycles. The average Bonchev–Trinajstić information content (AvgIpc) is 2.65. The molecule has 0 unspecified atom stereocenters. The van der Waals surface area contributed by atoms with Crippen molar-refractivity contribution in [2.24, 2.45) is 0 Å². The molecule has 3 aromatic rings. The molecule has 0 heterocycles. The number of hydrogen-bond acceptors (Lipinski definition) is 3. The number of carbonyl (C=O) groups excluding carboxylic acids is 1. The smallest absolute Gasteiger partial charge is 0.261 e. The summed E-state index contributed by atoms with van der Waals surface area (Å²) in [4.78, 5) is 12.6. The molecule has 0 aliphatic heterocycles. The lowest BCUT2D eigenvalue weighted by atomic mass is 10.1. The number of rotatable bonds is 5. The molecule has 5 nitrogen and oxygen atoms in total. The number of aryl methyl sites for hydroxylation is 1. The van der Waals surface area contributed by atoms with E-state index in [4.69, 9.17) is 11.6 Å². The molecule has 3 rings (SSSR count). The van der Waals surface area contributed by atoms with Gasteiger partial charge < -0.3 is 5.32 Å². The van der Waals surface area contributed by atoms with Crippen LogP contribution in [0.4, 0.5) is 11.4 Å². The summed E-state index contributed by atoms with van der Waals surface area (Å²) < 4.78 is 27.8. The lowest BCUT2D eigenvalue weighted by Crippen LogP contribution is -2.16. The summed E-state index contributed by atoms with van der Waals surface area (Å²) in [5, 5.41) is 3.25. The molecule has 7 heteroatoms. The number of nitrogens with one attached hydrogen (secondary N) is 2. The van der Waals surface area contributed by atoms with Crippen molar-refractivity contribution in [2.75, 3.05) is 10.0 Å². The van der Waals surface area contributed by atoms with E-state index in [9.17, 15) is 13.2 Å². The molecule has 3 aromatic carbocycles. The second-order valence-corrected chi connectivity index (χ2v) is 8.46. The number of carbonyl (C=O) groups is 1. The van der Waals surface area contributed by atoms with Gasteiger partial charge in [-0.05, 0) is 67.4 Å². The van der Waals surface area contributed by atoms with Crippen molar-refractivity contribution >= 4 is 38.9 Å². The summed E-state index contributed by atoms with van der Waals surface area (Å²) in [7, 11) is -3.86. The SMILES string of the molecule is Cc1cccc(NC(=O)c2cccc(S(=O)(=O)Nc3cccc(Cl)c3)c2)c1C. The molecule has 0 aliphatic rings. The molecule has 1 amide bonds. The van der Waals surface area contributed by atoms with E-state index in [1.165, 1.54) is 24.3 Å². The van der Waals surface area contributed by atoms with E-state index in [1.807, 2.05) is 32.0 Å². The van der Waals surface area contributed by atoms with Crippen molar-refractivity contribution in [3.63, 3.8) is 0 Å². The molecular formula is C21H19ClN2O3S. The molecule has 2 N–H and O–H groups in total. The van der Waals surface area contributed by atoms with Crippen LogP contribution in [0.2, 0.25) is 5.02 Å². The number of benzene rings is 3. The summed E-state index contributed by atoms with van der Waals surface area (Å²) in [6.45, 7) is 3.88. The third-order valence-corrected chi connectivity index (χ3v) is 5.95. The lowest BCUT2D eigenvalue weighted by Gasteiger charge is -2.12. The number of hydrogen-bond donors (Lipinski definition) is 2. The second kappa shape index (κ2) is 8.04. The second-order valence-electron chi connectivity index (χ2n) is 6.35. The monoisotopic (exact) mass is 414 g/mol. The Morgan fingerprint density at radius 1 is 0.929 bits per heavy atom. The van der Waals surface area contributed by atoms with Gasteiger partial charge in [0.25, 0.3) is 15.9 Å². The molecule has 0 saturated carbocycles. The Labute approximate surface area is 169 Å². The predicted octanol–water partition coefficient (Wildman–Crippen LogP) is 5.01. The van der Waals surface area contributed by atoms with Crippen LogP contribution in [0.3, 0.4) is 0 Å². The number of halogens is 1. The summed E-state index contributed by atoms with van der Waals surface area (Å²) >= 11 is 5.90. The van der Waals surface area contributed by atoms with Crippen LogP contribution >= 0.6 is 11.6 Å². The van der Waals surface area contributed by atoms with Gasteiger partial charge in [0, 0.05) is 16.3 Å². The highest BCUT2D eigenvalue weighted by Gasteiger charge is 2.17. The van der Waals surface area contributed by atoms with Gasteiger partial charge in [-0.3, -0.25) is 9.52 Å². The van der Waals surface area contributed by atoms with Crippen molar-refractivity contribution in [2.45, 2.75) is 18.7 Å². The first kappa shape index (κ1) is 19.9. The molecular weight excluding hydrogens is 396 g/mol. The van der Waals surface area contributed by atoms with E-state index >= 15 is 0 Å². The zero-order chi connectivity index (χ0) is 20.3. The van der Waals surface area contributed by atoms with E-state index in [2.05, 4.69) is 10.0 Å². The molecule has 0 saturated heterocycles. The predicted molar refractivity (Wildman–Crippen MR) is 113 cm³/mol. The van der Waals surface area contributed by atoms with Gasteiger partial charge in [-0.25, -0.2) is 8.42 Å². The average molecular weight is 415 g/mol. The van der Waals surface area contributed by atoms with Gasteiger partial charge in [-0.15, -0.1) is 0 Å². The quantitative estimate of drug-likeness (QED) is 0.616. The number of sulfonamides is 1. The molecule has 0 bridgehead atoms. The zero-order valence-electron chi connectivity index (χ0n) is 15.4. The molecule has 0 radical (unpaired) electrons. The largest absolute Gasteiger partial charge is 0.322 e. The molecule has 0 aliphatic carbocycles. The maximum atomic E-state index is 12.7. The zero-order valence-corrected chi connectivity index (χ0v) is 16.9. The first-order valence-corrected chi connectivity index (χ1v) is 10.4. The number of amides is 1. The molecule has 144 valence electrons. The van der Waals surface area contributed by atoms with Crippen molar-refractivity contribution in [1.82, 2.24) is 0 Å². The van der Waals surface area contributed by atoms with E-state index < -0.39 is 10.0 Å². The summed E-state index contributed by atoms with van der Waals surface area (Å²) in [5.74, 6) is -0.381. The third kappa shape index (κ3) is 4.52. The third-order valence-electron chi connectivity index (χ3n) is 4.34. The fraction of sp³-hybridized carbons (Fsp3) is 0.0952. The van der Waals surface area contributed by atoms with Gasteiger partial charge in [0.2, 0.25) is 0 Å². The van der Waals surface area contributed by atoms with Crippen LogP contribution in [0.25, 0.3) is 0 Å². The van der Waals surface area contributed by atoms with Crippen LogP contribution < -0.4 is 10.0 Å². The van der Waals surface area contributed by atoms with Gasteiger partial charge in [-0.2, -0.15) is 0 Å². The van der Waals surface area contributed by atoms with Crippen LogP contribution in [0.15, 0.2) is 71.6 Å². The molecule has 0 spiro atoms. The molecule has 0 atom stereocenters. The Balaban J connectivity index is 1.85. The first-order chi connectivity index (χ1) is 13.3. The number of anilines is 2. The summed E-state index contributed by atoms with van der Waals surface area (Å²) in [5.41, 5.74) is 3.30. The van der Waals surface area contributed by atoms with Crippen molar-refractivity contribution in [3.8, 4) is 0 Å². The molecule has 28 heavy (non-hydrogen) atoms. The Kier molecular flexibility index (Phi) is 5.72. The van der Waals surface area contributed by atoms with Crippen molar-refractivity contribution < 1.29 is 13.2 Å². The fourth-order valence-corrected chi connectivity index (χ4v) is 3.94. The van der Waals surface area contributed by atoms with E-state index in [0.717, 1.165) is 11.1 Å². The normalized spacial score (nSPS) is 11.1. The maximum Gasteiger partial charge on any atom is 0.261 e. The first-order valence-electron chi connectivity index (χ1n) is 8.52. The highest BCUT2D eigenvalue weighted by atomic mass is 35.5. The fourth-order valence-electron chi connectivity index (χ4n) is 2.65. The molecule has 0 fully saturated rings. The highest BCUT2D eigenvalue weighted by molar-refractivity contribution is 7.92. The maximum absolute atomic E-state index is 12.7. The minimum absolute atomic E-state index is 0.0129. The van der Waals surface area contributed by atoms with Crippen LogP contribution in [0, 0.1) is 13.8 Å². The Bertz CT molecular complexity index is 1140. The highest BCUT2D eigenvalue weighted by Crippen LogP contribution is 2.22. The van der Waals surface area contributed by atoms with E-state index in [1.54, 1.807) is 24.3 Å². The van der Waals surface area contributed by atoms with Crippen molar-refractivity contribution in [3.05, 3.63) is 88.4 Å². The topological polar surface area (TPSA) is 75.3 Å². The van der Waals surface area contributed by atoms with Crippen molar-refractivity contribution in [1.29, 1.82) is 0 Å². The van der Waals surface area contributed by atoms with Crippen LogP contribution in [-0.2, 0) is 10.0 Å². The Morgan fingerprint density at radius 3 is 2.39 bits per heavy atom. The Morgan fingerprint density at radius 2 is 1.64 bits per heavy atom. The van der Waals surface area contributed by atoms with Gasteiger partial charge in [0.05, 0.1) is 10.6 Å². The summed E-state index contributed by atoms with van der Waals surface area (Å²) in [6, 6.07) is 17.9. The van der Waals surface area contributed by atoms with Gasteiger partial charge in [0.15, 0.2) is 0 Å². The lowest BCUT2D eigenvalue weighted by molar-refractivity contribution is 0.102. The van der Waals surface area contributed by atoms with Crippen LogP contribution in [-0.4, -0.2) is 14.3 Å². The van der Waals surface area contributed by atoms with E-state index in [-0.39, 0.29) is 16.4 Å². The van der Waals surface area contributed by atoms with Gasteiger partial charge >= 0.3 is 0 Å². The van der Waals surface area contributed by atoms with E-state index in [0.29, 0.717) is 16.4 Å². The minimum Gasteiger partial charge on any atom is -0.322 e. The standard InChI is InChI=1S/C21H19ClN2O3S/c1-14-6-3-11-20(15(14)2)23-21(25)16-7-4-10-19(12-16)28(26,27)24-18-9-5-8-17(22)13-18/h3-13,24H,1-2H3,(H,23,25).